The van der Waals surface area contributed by atoms with Crippen molar-refractivity contribution in [1.29, 1.82) is 0 Å². The van der Waals surface area contributed by atoms with Crippen molar-refractivity contribution >= 4 is 93.6 Å². The van der Waals surface area contributed by atoms with Crippen molar-refractivity contribution in [2.24, 2.45) is 0 Å². The lowest BCUT2D eigenvalue weighted by molar-refractivity contribution is 0.387. The zero-order chi connectivity index (χ0) is 46.8. The Morgan fingerprint density at radius 1 is 0.271 bits per heavy atom. The summed E-state index contributed by atoms with van der Waals surface area (Å²) < 4.78 is 42.1. The third-order valence-electron chi connectivity index (χ3n) is 12.2. The fourth-order valence-corrected chi connectivity index (χ4v) is 12.5. The van der Waals surface area contributed by atoms with Crippen LogP contribution in [0.15, 0.2) is 246 Å². The highest BCUT2D eigenvalue weighted by Crippen LogP contribution is 2.55. The summed E-state index contributed by atoms with van der Waals surface area (Å²) in [5.74, 6) is 3.86. The van der Waals surface area contributed by atoms with Gasteiger partial charge in [-0.3, -0.25) is 0 Å². The highest BCUT2D eigenvalue weighted by atomic mass is 32.2. The molecule has 0 N–H and O–H groups in total. The van der Waals surface area contributed by atoms with Crippen LogP contribution in [0.5, 0.6) is 34.5 Å². The van der Waals surface area contributed by atoms with Gasteiger partial charge in [-0.25, -0.2) is 0 Å². The Kier molecular flexibility index (Phi) is 12.0. The van der Waals surface area contributed by atoms with E-state index in [1.165, 1.54) is 0 Å². The quantitative estimate of drug-likeness (QED) is 0.101. The summed E-state index contributed by atoms with van der Waals surface area (Å²) in [7, 11) is -4.23. The van der Waals surface area contributed by atoms with Crippen LogP contribution in [0.25, 0.3) is 64.6 Å². The van der Waals surface area contributed by atoms with E-state index < -0.39 is 17.2 Å². The van der Waals surface area contributed by atoms with Crippen molar-refractivity contribution in [3.63, 3.8) is 0 Å². The molecule has 12 rings (SSSR count). The van der Waals surface area contributed by atoms with Crippen LogP contribution in [0.3, 0.4) is 0 Å². The van der Waals surface area contributed by atoms with Crippen LogP contribution in [-0.2, 0) is 0 Å². The average Bonchev–Trinajstić information content (AvgIpc) is 3.40. The summed E-state index contributed by atoms with van der Waals surface area (Å²) >= 11 is 1.58. The summed E-state index contributed by atoms with van der Waals surface area (Å²) in [5.41, 5.74) is 0.917. The summed E-state index contributed by atoms with van der Waals surface area (Å²) in [6, 6.07) is 79.9. The van der Waals surface area contributed by atoms with Crippen LogP contribution < -0.4 is 27.1 Å². The minimum Gasteiger partial charge on any atom is -0.408 e. The van der Waals surface area contributed by atoms with Gasteiger partial charge < -0.3 is 27.1 Å². The Bertz CT molecular complexity index is 3720. The second-order valence-electron chi connectivity index (χ2n) is 16.7. The van der Waals surface area contributed by atoms with Crippen molar-refractivity contribution < 1.29 is 27.1 Å². The molecule has 9 heteroatoms. The first kappa shape index (κ1) is 43.5. The van der Waals surface area contributed by atoms with Crippen LogP contribution in [0.4, 0.5) is 0 Å². The zero-order valence-electron chi connectivity index (χ0n) is 37.8. The van der Waals surface area contributed by atoms with Gasteiger partial charge in [0.2, 0.25) is 0 Å². The smallest absolute Gasteiger partial charge is 0.408 e. The molecule has 0 amide bonds. The zero-order valence-corrected chi connectivity index (χ0v) is 40.4. The van der Waals surface area contributed by atoms with E-state index in [9.17, 15) is 0 Å². The first-order valence-corrected chi connectivity index (χ1v) is 25.9. The summed E-state index contributed by atoms with van der Waals surface area (Å²) in [6.45, 7) is 2.07. The van der Waals surface area contributed by atoms with E-state index in [1.54, 1.807) is 11.8 Å². The lowest BCUT2D eigenvalue weighted by Crippen LogP contribution is -2.05. The summed E-state index contributed by atoms with van der Waals surface area (Å²) in [4.78, 5) is 1.74. The summed E-state index contributed by atoms with van der Waals surface area (Å²) in [5, 5.41) is 12.1. The molecule has 0 aromatic heterocycles. The van der Waals surface area contributed by atoms with Crippen molar-refractivity contribution in [1.82, 2.24) is 0 Å². The maximum absolute atomic E-state index is 7.25. The third kappa shape index (κ3) is 8.76. The lowest BCUT2D eigenvalue weighted by Gasteiger charge is -2.24. The van der Waals surface area contributed by atoms with Gasteiger partial charge in [0.05, 0.1) is 9.79 Å². The van der Waals surface area contributed by atoms with E-state index in [4.69, 9.17) is 27.1 Å². The first-order valence-electron chi connectivity index (χ1n) is 22.9. The Labute approximate surface area is 411 Å². The maximum atomic E-state index is 7.25. The van der Waals surface area contributed by atoms with Crippen LogP contribution in [0.1, 0.15) is 5.56 Å². The van der Waals surface area contributed by atoms with Gasteiger partial charge in [-0.1, -0.05) is 212 Å². The van der Waals surface area contributed by atoms with Crippen molar-refractivity contribution in [2.45, 2.75) is 16.7 Å². The normalized spacial score (nSPS) is 11.5. The monoisotopic (exact) mass is 964 g/mol. The standard InChI is InChI=1S/C61H42O6P2S/c1-41-40-47-23-7-13-33-53(47)61(59(41)67-69(64-56-36-16-26-44-20-4-10-30-50(44)56)65-57-37-17-27-45-21-5-11-31-51(45)57)70-60-52-32-12-6-22-46(52)38-39-58(60)66-68(62-54-34-14-24-42-18-2-8-28-48(42)54)63-55-35-15-25-43-19-3-9-29-49(43)55/h2-40H,1H3. The second-order valence-corrected chi connectivity index (χ2v) is 19.7. The van der Waals surface area contributed by atoms with Gasteiger partial charge >= 0.3 is 17.2 Å². The lowest BCUT2D eigenvalue weighted by atomic mass is 10.1. The van der Waals surface area contributed by atoms with Crippen LogP contribution in [0, 0.1) is 6.92 Å². The molecule has 0 fully saturated rings. The minimum absolute atomic E-state index is 0.591. The molecular weight excluding hydrogens is 923 g/mol. The molecule has 0 aliphatic heterocycles. The number of hydrogen-bond donors (Lipinski definition) is 0. The van der Waals surface area contributed by atoms with Crippen LogP contribution in [-0.4, -0.2) is 0 Å². The average molecular weight is 965 g/mol. The third-order valence-corrected chi connectivity index (χ3v) is 15.5. The van der Waals surface area contributed by atoms with Crippen LogP contribution in [0.2, 0.25) is 0 Å². The molecule has 0 unspecified atom stereocenters. The number of fused-ring (bicyclic) bond motifs is 6. The highest BCUT2D eigenvalue weighted by Gasteiger charge is 2.29. The van der Waals surface area contributed by atoms with E-state index in [2.05, 4.69) is 140 Å². The molecule has 0 aliphatic carbocycles. The topological polar surface area (TPSA) is 55.4 Å². The molecule has 12 aromatic carbocycles. The molecule has 6 nitrogen and oxygen atoms in total. The molecule has 12 aromatic rings. The van der Waals surface area contributed by atoms with E-state index in [0.29, 0.717) is 34.5 Å². The van der Waals surface area contributed by atoms with Crippen LogP contribution >= 0.6 is 29.0 Å². The van der Waals surface area contributed by atoms with Gasteiger partial charge in [0.1, 0.15) is 34.5 Å². The predicted molar refractivity (Wildman–Crippen MR) is 290 cm³/mol. The van der Waals surface area contributed by atoms with Gasteiger partial charge in [0.25, 0.3) is 0 Å². The second kappa shape index (κ2) is 19.3. The van der Waals surface area contributed by atoms with Gasteiger partial charge in [-0.2, -0.15) is 0 Å². The predicted octanol–water partition coefficient (Wildman–Crippen LogP) is 18.6. The summed E-state index contributed by atoms with van der Waals surface area (Å²) in [6.07, 6.45) is 0. The first-order chi connectivity index (χ1) is 34.6. The molecule has 70 heavy (non-hydrogen) atoms. The molecule has 0 radical (unpaired) electrons. The Balaban J connectivity index is 0.990. The van der Waals surface area contributed by atoms with Crippen molar-refractivity contribution in [3.05, 3.63) is 242 Å². The largest absolute Gasteiger partial charge is 0.530 e. The van der Waals surface area contributed by atoms with Gasteiger partial charge in [0.15, 0.2) is 0 Å². The SMILES string of the molecule is Cc1cc2ccccc2c(Sc2c(OP(Oc3cccc4ccccc34)Oc3cccc4ccccc34)ccc3ccccc23)c1OP(Oc1cccc2ccccc12)Oc1cccc2ccccc12. The molecule has 0 atom stereocenters. The van der Waals surface area contributed by atoms with Crippen molar-refractivity contribution in [2.75, 3.05) is 0 Å². The molecule has 0 bridgehead atoms. The number of hydrogen-bond acceptors (Lipinski definition) is 7. The Morgan fingerprint density at radius 2 is 0.586 bits per heavy atom. The fourth-order valence-electron chi connectivity index (χ4n) is 8.84. The number of aryl methyl sites for hydroxylation is 1. The number of benzene rings is 12. The Hall–Kier alpha value is -7.79. The fraction of sp³-hybridized carbons (Fsp3) is 0.0164. The van der Waals surface area contributed by atoms with E-state index in [0.717, 1.165) is 80.0 Å². The van der Waals surface area contributed by atoms with Gasteiger partial charge in [0, 0.05) is 21.5 Å². The highest BCUT2D eigenvalue weighted by molar-refractivity contribution is 8.00. The van der Waals surface area contributed by atoms with Gasteiger partial charge in [-0.05, 0) is 92.0 Å². The van der Waals surface area contributed by atoms with E-state index in [-0.39, 0.29) is 0 Å². The molecule has 0 spiro atoms. The van der Waals surface area contributed by atoms with E-state index in [1.807, 2.05) is 103 Å². The maximum Gasteiger partial charge on any atom is 0.530 e. The minimum atomic E-state index is -2.12. The molecule has 0 heterocycles. The van der Waals surface area contributed by atoms with E-state index >= 15 is 0 Å². The molecule has 338 valence electrons. The van der Waals surface area contributed by atoms with Gasteiger partial charge in [-0.15, -0.1) is 0 Å². The molecular formula is C61H42O6P2S. The molecule has 0 saturated carbocycles. The van der Waals surface area contributed by atoms with Crippen molar-refractivity contribution in [3.8, 4) is 34.5 Å². The Morgan fingerprint density at radius 3 is 1.01 bits per heavy atom. The number of rotatable bonds is 14. The molecule has 0 saturated heterocycles. The molecule has 0 aliphatic rings.